The number of hydrogen-bond donors (Lipinski definition) is 1. The molecule has 3 nitrogen and oxygen atoms in total. The number of aryl methyl sites for hydroxylation is 2. The van der Waals surface area contributed by atoms with Gasteiger partial charge in [0.2, 0.25) is 0 Å². The Bertz CT molecular complexity index is 462. The topological polar surface area (TPSA) is 37.9 Å². The second-order valence-corrected chi connectivity index (χ2v) is 3.98. The number of rotatable bonds is 5. The highest BCUT2D eigenvalue weighted by Gasteiger charge is 2.02. The minimum absolute atomic E-state index is 0.789. The van der Waals surface area contributed by atoms with Crippen LogP contribution in [0.4, 0.5) is 0 Å². The lowest BCUT2D eigenvalue weighted by molar-refractivity contribution is 0.194. The Morgan fingerprint density at radius 1 is 1.38 bits per heavy atom. The Balaban J connectivity index is 2.16. The number of H-pyrrole nitrogens is 1. The third-order valence-electron chi connectivity index (χ3n) is 2.77. The quantitative estimate of drug-likeness (QED) is 0.783. The van der Waals surface area contributed by atoms with Gasteiger partial charge in [0.15, 0.2) is 0 Å². The molecule has 0 saturated heterocycles. The van der Waals surface area contributed by atoms with Gasteiger partial charge in [-0.1, -0.05) is 13.0 Å². The number of ether oxygens (including phenoxy) is 1. The number of benzene rings is 1. The van der Waals surface area contributed by atoms with Crippen LogP contribution in [0.2, 0.25) is 0 Å². The molecule has 0 saturated carbocycles. The number of hydrogen-bond acceptors (Lipinski definition) is 2. The molecule has 0 aliphatic carbocycles. The molecule has 0 bridgehead atoms. The summed E-state index contributed by atoms with van der Waals surface area (Å²) in [5.41, 5.74) is 3.55. The first-order valence-corrected chi connectivity index (χ1v) is 5.80. The van der Waals surface area contributed by atoms with Crippen molar-refractivity contribution in [3.63, 3.8) is 0 Å². The second-order valence-electron chi connectivity index (χ2n) is 3.98. The van der Waals surface area contributed by atoms with Crippen molar-refractivity contribution in [3.8, 4) is 0 Å². The Labute approximate surface area is 95.8 Å². The average Bonchev–Trinajstić information content (AvgIpc) is 2.70. The van der Waals surface area contributed by atoms with Crippen molar-refractivity contribution in [2.75, 3.05) is 13.7 Å². The number of nitrogens with one attached hydrogen (secondary N) is 1. The Morgan fingerprint density at radius 3 is 3.00 bits per heavy atom. The van der Waals surface area contributed by atoms with Crippen LogP contribution in [0.15, 0.2) is 18.2 Å². The van der Waals surface area contributed by atoms with Gasteiger partial charge >= 0.3 is 0 Å². The summed E-state index contributed by atoms with van der Waals surface area (Å²) >= 11 is 0. The summed E-state index contributed by atoms with van der Waals surface area (Å²) in [6.07, 6.45) is 3.02. The molecule has 0 fully saturated rings. The SMILES string of the molecule is CCc1ccc2nc(CCCOC)[nH]c2c1. The van der Waals surface area contributed by atoms with Crippen molar-refractivity contribution in [3.05, 3.63) is 29.6 Å². The smallest absolute Gasteiger partial charge is 0.107 e. The maximum atomic E-state index is 5.03. The van der Waals surface area contributed by atoms with E-state index < -0.39 is 0 Å². The molecule has 1 aromatic carbocycles. The number of nitrogens with zero attached hydrogens (tertiary/aromatic N) is 1. The van der Waals surface area contributed by atoms with E-state index in [9.17, 15) is 0 Å². The number of methoxy groups -OCH3 is 1. The van der Waals surface area contributed by atoms with E-state index >= 15 is 0 Å². The van der Waals surface area contributed by atoms with E-state index in [1.54, 1.807) is 7.11 Å². The van der Waals surface area contributed by atoms with Crippen LogP contribution >= 0.6 is 0 Å². The zero-order chi connectivity index (χ0) is 11.4. The summed E-state index contributed by atoms with van der Waals surface area (Å²) in [5, 5.41) is 0. The molecule has 0 unspecified atom stereocenters. The summed E-state index contributed by atoms with van der Waals surface area (Å²) in [4.78, 5) is 7.91. The summed E-state index contributed by atoms with van der Waals surface area (Å²) in [5.74, 6) is 1.06. The number of imidazole rings is 1. The summed E-state index contributed by atoms with van der Waals surface area (Å²) in [6, 6.07) is 6.41. The van der Waals surface area contributed by atoms with Gasteiger partial charge in [-0.25, -0.2) is 4.98 Å². The Hall–Kier alpha value is -1.35. The van der Waals surface area contributed by atoms with E-state index in [-0.39, 0.29) is 0 Å². The van der Waals surface area contributed by atoms with E-state index in [0.29, 0.717) is 0 Å². The van der Waals surface area contributed by atoms with Crippen molar-refractivity contribution in [1.29, 1.82) is 0 Å². The fourth-order valence-electron chi connectivity index (χ4n) is 1.83. The molecule has 0 radical (unpaired) electrons. The summed E-state index contributed by atoms with van der Waals surface area (Å²) in [6.45, 7) is 2.95. The zero-order valence-corrected chi connectivity index (χ0v) is 9.92. The maximum absolute atomic E-state index is 5.03. The number of fused-ring (bicyclic) bond motifs is 1. The molecule has 0 atom stereocenters. The lowest BCUT2D eigenvalue weighted by Gasteiger charge is -1.95. The fraction of sp³-hybridized carbons (Fsp3) is 0.462. The monoisotopic (exact) mass is 218 g/mol. The molecule has 0 amide bonds. The first kappa shape index (κ1) is 11.1. The predicted molar refractivity (Wildman–Crippen MR) is 65.7 cm³/mol. The molecular formula is C13H18N2O. The van der Waals surface area contributed by atoms with Crippen LogP contribution in [0.1, 0.15) is 24.7 Å². The predicted octanol–water partition coefficient (Wildman–Crippen LogP) is 2.70. The minimum Gasteiger partial charge on any atom is -0.385 e. The van der Waals surface area contributed by atoms with Gasteiger partial charge in [0, 0.05) is 20.1 Å². The third kappa shape index (κ3) is 2.42. The zero-order valence-electron chi connectivity index (χ0n) is 9.92. The number of aromatic amines is 1. The van der Waals surface area contributed by atoms with Gasteiger partial charge in [-0.3, -0.25) is 0 Å². The first-order valence-electron chi connectivity index (χ1n) is 5.80. The van der Waals surface area contributed by atoms with Gasteiger partial charge in [0.1, 0.15) is 5.82 Å². The minimum atomic E-state index is 0.789. The molecule has 3 heteroatoms. The highest BCUT2D eigenvalue weighted by atomic mass is 16.5. The van der Waals surface area contributed by atoms with Crippen molar-refractivity contribution >= 4 is 11.0 Å². The normalized spacial score (nSPS) is 11.1. The van der Waals surface area contributed by atoms with Crippen LogP contribution < -0.4 is 0 Å². The van der Waals surface area contributed by atoms with Gasteiger partial charge in [-0.15, -0.1) is 0 Å². The first-order chi connectivity index (χ1) is 7.83. The van der Waals surface area contributed by atoms with Crippen molar-refractivity contribution < 1.29 is 4.74 Å². The molecule has 0 spiro atoms. The molecule has 2 rings (SSSR count). The maximum Gasteiger partial charge on any atom is 0.107 e. The molecule has 2 aromatic rings. The standard InChI is InChI=1S/C13H18N2O/c1-3-10-6-7-11-12(9-10)15-13(14-11)5-4-8-16-2/h6-7,9H,3-5,8H2,1-2H3,(H,14,15). The third-order valence-corrected chi connectivity index (χ3v) is 2.77. The average molecular weight is 218 g/mol. The molecule has 0 aliphatic heterocycles. The Kier molecular flexibility index (Phi) is 3.57. The van der Waals surface area contributed by atoms with Gasteiger partial charge in [0.05, 0.1) is 11.0 Å². The van der Waals surface area contributed by atoms with Crippen LogP contribution in [0, 0.1) is 0 Å². The molecular weight excluding hydrogens is 200 g/mol. The summed E-state index contributed by atoms with van der Waals surface area (Å²) < 4.78 is 5.03. The molecule has 16 heavy (non-hydrogen) atoms. The molecule has 86 valence electrons. The highest BCUT2D eigenvalue weighted by molar-refractivity contribution is 5.75. The van der Waals surface area contributed by atoms with E-state index in [2.05, 4.69) is 35.1 Å². The van der Waals surface area contributed by atoms with Gasteiger partial charge in [-0.05, 0) is 30.5 Å². The molecule has 1 N–H and O–H groups in total. The van der Waals surface area contributed by atoms with Gasteiger partial charge in [0.25, 0.3) is 0 Å². The van der Waals surface area contributed by atoms with Crippen LogP contribution in [-0.4, -0.2) is 23.7 Å². The van der Waals surface area contributed by atoms with Crippen molar-refractivity contribution in [2.24, 2.45) is 0 Å². The summed E-state index contributed by atoms with van der Waals surface area (Å²) in [7, 11) is 1.73. The van der Waals surface area contributed by atoms with Crippen LogP contribution in [0.5, 0.6) is 0 Å². The second kappa shape index (κ2) is 5.12. The van der Waals surface area contributed by atoms with Crippen LogP contribution in [0.25, 0.3) is 11.0 Å². The largest absolute Gasteiger partial charge is 0.385 e. The van der Waals surface area contributed by atoms with Crippen molar-refractivity contribution in [1.82, 2.24) is 9.97 Å². The molecule has 0 aliphatic rings. The number of aromatic nitrogens is 2. The van der Waals surface area contributed by atoms with Gasteiger partial charge < -0.3 is 9.72 Å². The van der Waals surface area contributed by atoms with E-state index in [0.717, 1.165) is 42.7 Å². The molecule has 1 heterocycles. The lowest BCUT2D eigenvalue weighted by atomic mass is 10.1. The lowest BCUT2D eigenvalue weighted by Crippen LogP contribution is -1.93. The van der Waals surface area contributed by atoms with E-state index in [1.807, 2.05) is 0 Å². The highest BCUT2D eigenvalue weighted by Crippen LogP contribution is 2.14. The Morgan fingerprint density at radius 2 is 2.25 bits per heavy atom. The van der Waals surface area contributed by atoms with Crippen LogP contribution in [-0.2, 0) is 17.6 Å². The van der Waals surface area contributed by atoms with E-state index in [1.165, 1.54) is 5.56 Å². The molecule has 1 aromatic heterocycles. The van der Waals surface area contributed by atoms with Crippen molar-refractivity contribution in [2.45, 2.75) is 26.2 Å². The fourth-order valence-corrected chi connectivity index (χ4v) is 1.83. The van der Waals surface area contributed by atoms with Gasteiger partial charge in [-0.2, -0.15) is 0 Å². The van der Waals surface area contributed by atoms with Crippen LogP contribution in [0.3, 0.4) is 0 Å². The van der Waals surface area contributed by atoms with E-state index in [4.69, 9.17) is 4.74 Å².